The smallest absolute Gasteiger partial charge is 0.227 e. The van der Waals surface area contributed by atoms with E-state index >= 15 is 0 Å². The highest BCUT2D eigenvalue weighted by Gasteiger charge is 2.31. The molecule has 0 spiro atoms. The summed E-state index contributed by atoms with van der Waals surface area (Å²) in [4.78, 5) is 14.6. The van der Waals surface area contributed by atoms with Crippen molar-refractivity contribution in [1.29, 1.82) is 0 Å². The molecule has 23 heavy (non-hydrogen) atoms. The number of likely N-dealkylation sites (tertiary alicyclic amines) is 1. The Morgan fingerprint density at radius 3 is 2.70 bits per heavy atom. The normalized spacial score (nSPS) is 20.8. The molecule has 3 rings (SSSR count). The van der Waals surface area contributed by atoms with Gasteiger partial charge in [-0.05, 0) is 62.9 Å². The number of fused-ring (bicyclic) bond motifs is 1. The molecule has 126 valence electrons. The predicted octanol–water partition coefficient (Wildman–Crippen LogP) is 3.21. The molecule has 1 amide bonds. The number of hydrogen-bond donors (Lipinski definition) is 1. The van der Waals surface area contributed by atoms with E-state index in [9.17, 15) is 4.79 Å². The highest BCUT2D eigenvalue weighted by Crippen LogP contribution is 2.27. The molecule has 1 aromatic carbocycles. The zero-order valence-electron chi connectivity index (χ0n) is 14.0. The van der Waals surface area contributed by atoms with Gasteiger partial charge in [0, 0.05) is 23.5 Å². The van der Waals surface area contributed by atoms with Crippen LogP contribution in [0.1, 0.15) is 30.0 Å². The van der Waals surface area contributed by atoms with Gasteiger partial charge in [0.15, 0.2) is 0 Å². The zero-order chi connectivity index (χ0) is 15.9. The standard InChI is InChI=1S/C18H24N2O2.ClH/c1-11-4-16-15(10-22-17(16)5-12(11)2)7-18(21)20-9-14(8-19)6-13(20)3;/h4-5,10,13-14H,6-9,19H2,1-3H3;1H. The van der Waals surface area contributed by atoms with E-state index in [1.807, 2.05) is 11.0 Å². The second-order valence-electron chi connectivity index (χ2n) is 6.60. The Balaban J connectivity index is 0.00000192. The summed E-state index contributed by atoms with van der Waals surface area (Å²) in [5.41, 5.74) is 10.0. The molecule has 1 aliphatic heterocycles. The van der Waals surface area contributed by atoms with Crippen LogP contribution in [0.25, 0.3) is 11.0 Å². The molecule has 0 saturated carbocycles. The highest BCUT2D eigenvalue weighted by molar-refractivity contribution is 5.88. The van der Waals surface area contributed by atoms with Crippen molar-refractivity contribution in [2.45, 2.75) is 39.7 Å². The minimum Gasteiger partial charge on any atom is -0.464 e. The van der Waals surface area contributed by atoms with Crippen molar-refractivity contribution >= 4 is 29.3 Å². The van der Waals surface area contributed by atoms with E-state index in [4.69, 9.17) is 10.2 Å². The fourth-order valence-electron chi connectivity index (χ4n) is 3.40. The summed E-state index contributed by atoms with van der Waals surface area (Å²) in [6, 6.07) is 4.44. The maximum atomic E-state index is 12.6. The molecular weight excluding hydrogens is 312 g/mol. The first kappa shape index (κ1) is 17.8. The molecule has 5 heteroatoms. The molecule has 2 unspecified atom stereocenters. The molecule has 2 atom stereocenters. The van der Waals surface area contributed by atoms with Crippen molar-refractivity contribution in [2.24, 2.45) is 11.7 Å². The molecule has 2 N–H and O–H groups in total. The van der Waals surface area contributed by atoms with Gasteiger partial charge in [0.1, 0.15) is 5.58 Å². The first-order valence-corrected chi connectivity index (χ1v) is 7.96. The van der Waals surface area contributed by atoms with E-state index in [-0.39, 0.29) is 24.4 Å². The van der Waals surface area contributed by atoms with Gasteiger partial charge < -0.3 is 15.1 Å². The third-order valence-electron chi connectivity index (χ3n) is 4.93. The monoisotopic (exact) mass is 336 g/mol. The van der Waals surface area contributed by atoms with Crippen LogP contribution in [0.5, 0.6) is 0 Å². The number of hydrogen-bond acceptors (Lipinski definition) is 3. The second-order valence-corrected chi connectivity index (χ2v) is 6.60. The molecule has 4 nitrogen and oxygen atoms in total. The number of carbonyl (C=O) groups is 1. The Morgan fingerprint density at radius 1 is 1.35 bits per heavy atom. The summed E-state index contributed by atoms with van der Waals surface area (Å²) in [5.74, 6) is 0.606. The summed E-state index contributed by atoms with van der Waals surface area (Å²) in [5, 5.41) is 1.05. The molecule has 0 aliphatic carbocycles. The van der Waals surface area contributed by atoms with E-state index in [0.717, 1.165) is 29.5 Å². The van der Waals surface area contributed by atoms with Gasteiger partial charge in [-0.1, -0.05) is 0 Å². The maximum Gasteiger partial charge on any atom is 0.227 e. The topological polar surface area (TPSA) is 59.5 Å². The fraction of sp³-hybridized carbons (Fsp3) is 0.500. The lowest BCUT2D eigenvalue weighted by Gasteiger charge is -2.21. The number of carbonyl (C=O) groups excluding carboxylic acids is 1. The average Bonchev–Trinajstić information content (AvgIpc) is 3.04. The van der Waals surface area contributed by atoms with Crippen LogP contribution in [0.3, 0.4) is 0 Å². The summed E-state index contributed by atoms with van der Waals surface area (Å²) < 4.78 is 5.63. The van der Waals surface area contributed by atoms with Crippen LogP contribution in [-0.2, 0) is 11.2 Å². The SMILES string of the molecule is Cc1cc2occ(CC(=O)N3CC(CN)CC3C)c2cc1C.Cl. The molecule has 0 radical (unpaired) electrons. The molecule has 1 saturated heterocycles. The third kappa shape index (κ3) is 3.38. The van der Waals surface area contributed by atoms with Gasteiger partial charge >= 0.3 is 0 Å². The predicted molar refractivity (Wildman–Crippen MR) is 95.0 cm³/mol. The van der Waals surface area contributed by atoms with Gasteiger partial charge in [0.25, 0.3) is 0 Å². The van der Waals surface area contributed by atoms with Gasteiger partial charge in [-0.3, -0.25) is 4.79 Å². The lowest BCUT2D eigenvalue weighted by molar-refractivity contribution is -0.131. The van der Waals surface area contributed by atoms with Crippen LogP contribution in [0, 0.1) is 19.8 Å². The number of halogens is 1. The van der Waals surface area contributed by atoms with Crippen molar-refractivity contribution < 1.29 is 9.21 Å². The molecule has 1 aromatic heterocycles. The van der Waals surface area contributed by atoms with E-state index in [0.29, 0.717) is 18.9 Å². The molecular formula is C18H25ClN2O2. The van der Waals surface area contributed by atoms with Crippen LogP contribution >= 0.6 is 12.4 Å². The molecule has 0 bridgehead atoms. The Labute approximate surface area is 143 Å². The van der Waals surface area contributed by atoms with Crippen LogP contribution in [0.15, 0.2) is 22.8 Å². The largest absolute Gasteiger partial charge is 0.464 e. The summed E-state index contributed by atoms with van der Waals surface area (Å²) in [6.07, 6.45) is 3.13. The fourth-order valence-corrected chi connectivity index (χ4v) is 3.40. The Hall–Kier alpha value is -1.52. The summed E-state index contributed by atoms with van der Waals surface area (Å²) >= 11 is 0. The minimum absolute atomic E-state index is 0. The van der Waals surface area contributed by atoms with Gasteiger partial charge in [-0.15, -0.1) is 12.4 Å². The van der Waals surface area contributed by atoms with Crippen LogP contribution in [-0.4, -0.2) is 29.9 Å². The number of nitrogens with zero attached hydrogens (tertiary/aromatic N) is 1. The number of nitrogens with two attached hydrogens (primary N) is 1. The van der Waals surface area contributed by atoms with Crippen molar-refractivity contribution in [3.63, 3.8) is 0 Å². The van der Waals surface area contributed by atoms with E-state index in [1.165, 1.54) is 11.1 Å². The summed E-state index contributed by atoms with van der Waals surface area (Å²) in [7, 11) is 0. The Kier molecular flexibility index (Phi) is 5.37. The van der Waals surface area contributed by atoms with Gasteiger partial charge in [0.2, 0.25) is 5.91 Å². The number of amides is 1. The number of benzene rings is 1. The zero-order valence-corrected chi connectivity index (χ0v) is 14.8. The van der Waals surface area contributed by atoms with Gasteiger partial charge in [0.05, 0.1) is 12.7 Å². The van der Waals surface area contributed by atoms with Crippen molar-refractivity contribution in [3.05, 3.63) is 35.1 Å². The number of furan rings is 1. The van der Waals surface area contributed by atoms with Crippen LogP contribution < -0.4 is 5.73 Å². The van der Waals surface area contributed by atoms with E-state index < -0.39 is 0 Å². The van der Waals surface area contributed by atoms with Crippen LogP contribution in [0.2, 0.25) is 0 Å². The molecule has 2 aromatic rings. The quantitative estimate of drug-likeness (QED) is 0.936. The number of aryl methyl sites for hydroxylation is 2. The Morgan fingerprint density at radius 2 is 2.04 bits per heavy atom. The lowest BCUT2D eigenvalue weighted by Crippen LogP contribution is -2.35. The molecule has 1 fully saturated rings. The second kappa shape index (κ2) is 6.93. The van der Waals surface area contributed by atoms with Crippen molar-refractivity contribution in [1.82, 2.24) is 4.90 Å². The first-order valence-electron chi connectivity index (χ1n) is 7.96. The highest BCUT2D eigenvalue weighted by atomic mass is 35.5. The van der Waals surface area contributed by atoms with E-state index in [1.54, 1.807) is 6.26 Å². The molecule has 2 heterocycles. The van der Waals surface area contributed by atoms with E-state index in [2.05, 4.69) is 26.8 Å². The number of rotatable bonds is 3. The van der Waals surface area contributed by atoms with Crippen molar-refractivity contribution in [2.75, 3.05) is 13.1 Å². The first-order chi connectivity index (χ1) is 10.5. The lowest BCUT2D eigenvalue weighted by atomic mass is 10.0. The maximum absolute atomic E-state index is 12.6. The summed E-state index contributed by atoms with van der Waals surface area (Å²) in [6.45, 7) is 7.70. The van der Waals surface area contributed by atoms with Crippen LogP contribution in [0.4, 0.5) is 0 Å². The minimum atomic E-state index is 0. The van der Waals surface area contributed by atoms with Gasteiger partial charge in [-0.2, -0.15) is 0 Å². The average molecular weight is 337 g/mol. The third-order valence-corrected chi connectivity index (χ3v) is 4.93. The Bertz CT molecular complexity index is 710. The van der Waals surface area contributed by atoms with Crippen molar-refractivity contribution in [3.8, 4) is 0 Å². The van der Waals surface area contributed by atoms with Gasteiger partial charge in [-0.25, -0.2) is 0 Å². The molecule has 1 aliphatic rings.